The second kappa shape index (κ2) is 14.3. The van der Waals surface area contributed by atoms with Gasteiger partial charge in [0.15, 0.2) is 0 Å². The standard InChI is InChI=1S/C33H33ClFN3O4S/c1-24(2)36-33(40)31(20-25-10-5-3-6-11-25)37(22-26-16-18-28(35)19-17-26)32(39)23-38(29-13-9-12-27(34)21-29)43(41,42)30-14-7-4-8-15-30/h3-19,21,24,31H,20,22-23H2,1-2H3,(H,36,40)/t31-/m1/s1. The molecule has 4 aromatic rings. The number of benzene rings is 4. The Morgan fingerprint density at radius 1 is 0.837 bits per heavy atom. The first-order valence-corrected chi connectivity index (χ1v) is 15.6. The molecule has 0 heterocycles. The first-order chi connectivity index (χ1) is 20.5. The van der Waals surface area contributed by atoms with E-state index >= 15 is 0 Å². The maximum atomic E-state index is 14.3. The number of hydrogen-bond acceptors (Lipinski definition) is 4. The van der Waals surface area contributed by atoms with Crippen LogP contribution < -0.4 is 9.62 Å². The molecular formula is C33H33ClFN3O4S. The van der Waals surface area contributed by atoms with E-state index < -0.39 is 40.2 Å². The quantitative estimate of drug-likeness (QED) is 0.215. The Kier molecular flexibility index (Phi) is 10.6. The highest BCUT2D eigenvalue weighted by molar-refractivity contribution is 7.92. The van der Waals surface area contributed by atoms with Crippen LogP contribution in [0.25, 0.3) is 0 Å². The van der Waals surface area contributed by atoms with Crippen molar-refractivity contribution in [3.8, 4) is 0 Å². The van der Waals surface area contributed by atoms with Crippen molar-refractivity contribution in [3.63, 3.8) is 0 Å². The lowest BCUT2D eigenvalue weighted by molar-refractivity contribution is -0.140. The summed E-state index contributed by atoms with van der Waals surface area (Å²) in [5, 5.41) is 3.19. The fraction of sp³-hybridized carbons (Fsp3) is 0.212. The van der Waals surface area contributed by atoms with Crippen molar-refractivity contribution in [1.29, 1.82) is 0 Å². The normalized spacial score (nSPS) is 12.0. The fourth-order valence-corrected chi connectivity index (χ4v) is 6.21. The van der Waals surface area contributed by atoms with E-state index in [9.17, 15) is 22.4 Å². The monoisotopic (exact) mass is 621 g/mol. The van der Waals surface area contributed by atoms with Gasteiger partial charge in [0.25, 0.3) is 10.0 Å². The summed E-state index contributed by atoms with van der Waals surface area (Å²) < 4.78 is 42.6. The minimum Gasteiger partial charge on any atom is -0.352 e. The molecule has 7 nitrogen and oxygen atoms in total. The smallest absolute Gasteiger partial charge is 0.264 e. The van der Waals surface area contributed by atoms with Gasteiger partial charge in [-0.25, -0.2) is 12.8 Å². The Labute approximate surface area is 257 Å². The first kappa shape index (κ1) is 31.7. The summed E-state index contributed by atoms with van der Waals surface area (Å²) in [5.41, 5.74) is 1.58. The van der Waals surface area contributed by atoms with Crippen molar-refractivity contribution in [2.45, 2.75) is 43.8 Å². The summed E-state index contributed by atoms with van der Waals surface area (Å²) in [5.74, 6) is -1.46. The molecule has 2 amide bonds. The maximum absolute atomic E-state index is 14.3. The topological polar surface area (TPSA) is 86.8 Å². The third kappa shape index (κ3) is 8.43. The van der Waals surface area contributed by atoms with E-state index in [4.69, 9.17) is 11.6 Å². The van der Waals surface area contributed by atoms with E-state index in [0.29, 0.717) is 10.6 Å². The molecule has 0 aliphatic rings. The van der Waals surface area contributed by atoms with Gasteiger partial charge in [-0.2, -0.15) is 0 Å². The number of amides is 2. The molecule has 0 bridgehead atoms. The molecule has 0 unspecified atom stereocenters. The summed E-state index contributed by atoms with van der Waals surface area (Å²) in [6.45, 7) is 2.96. The minimum absolute atomic E-state index is 0.00811. The number of carbonyl (C=O) groups is 2. The average molecular weight is 622 g/mol. The molecule has 10 heteroatoms. The van der Waals surface area contributed by atoms with Gasteiger partial charge in [-0.1, -0.05) is 78.3 Å². The molecule has 4 rings (SSSR count). The summed E-state index contributed by atoms with van der Waals surface area (Å²) in [7, 11) is -4.22. The lowest BCUT2D eigenvalue weighted by atomic mass is 10.0. The largest absolute Gasteiger partial charge is 0.352 e. The van der Waals surface area contributed by atoms with Crippen molar-refractivity contribution in [2.75, 3.05) is 10.8 Å². The van der Waals surface area contributed by atoms with Gasteiger partial charge in [0, 0.05) is 24.0 Å². The number of halogens is 2. The summed E-state index contributed by atoms with van der Waals surface area (Å²) >= 11 is 6.23. The molecule has 1 N–H and O–H groups in total. The predicted octanol–water partition coefficient (Wildman–Crippen LogP) is 5.84. The molecule has 0 saturated carbocycles. The number of sulfonamides is 1. The Bertz CT molecular complexity index is 1640. The number of nitrogens with zero attached hydrogens (tertiary/aromatic N) is 2. The van der Waals surface area contributed by atoms with Crippen LogP contribution in [0.15, 0.2) is 114 Å². The average Bonchev–Trinajstić information content (AvgIpc) is 2.99. The van der Waals surface area contributed by atoms with Crippen LogP contribution in [0.3, 0.4) is 0 Å². The number of anilines is 1. The molecule has 43 heavy (non-hydrogen) atoms. The molecule has 1 atom stereocenters. The van der Waals surface area contributed by atoms with Crippen LogP contribution >= 0.6 is 11.6 Å². The SMILES string of the molecule is CC(C)NC(=O)[C@@H](Cc1ccccc1)N(Cc1ccc(F)cc1)C(=O)CN(c1cccc(Cl)c1)S(=O)(=O)c1ccccc1. The number of nitrogens with one attached hydrogen (secondary N) is 1. The Balaban J connectivity index is 1.80. The lowest BCUT2D eigenvalue weighted by Crippen LogP contribution is -2.54. The van der Waals surface area contributed by atoms with Crippen molar-refractivity contribution in [1.82, 2.24) is 10.2 Å². The third-order valence-electron chi connectivity index (χ3n) is 6.67. The van der Waals surface area contributed by atoms with Crippen LogP contribution in [0.2, 0.25) is 5.02 Å². The van der Waals surface area contributed by atoms with Gasteiger partial charge in [0.1, 0.15) is 18.4 Å². The van der Waals surface area contributed by atoms with Gasteiger partial charge in [-0.15, -0.1) is 0 Å². The number of carbonyl (C=O) groups excluding carboxylic acids is 2. The van der Waals surface area contributed by atoms with E-state index in [-0.39, 0.29) is 29.6 Å². The third-order valence-corrected chi connectivity index (χ3v) is 8.70. The highest BCUT2D eigenvalue weighted by atomic mass is 35.5. The van der Waals surface area contributed by atoms with Crippen LogP contribution in [-0.2, 0) is 32.6 Å². The Morgan fingerprint density at radius 2 is 1.47 bits per heavy atom. The molecule has 0 aromatic heterocycles. The van der Waals surface area contributed by atoms with Crippen molar-refractivity contribution >= 4 is 39.1 Å². The van der Waals surface area contributed by atoms with E-state index in [1.807, 2.05) is 44.2 Å². The molecule has 0 spiro atoms. The fourth-order valence-electron chi connectivity index (χ4n) is 4.60. The zero-order valence-electron chi connectivity index (χ0n) is 23.9. The molecular weight excluding hydrogens is 589 g/mol. The molecule has 224 valence electrons. The van der Waals surface area contributed by atoms with Gasteiger partial charge in [-0.3, -0.25) is 13.9 Å². The zero-order chi connectivity index (χ0) is 31.0. The van der Waals surface area contributed by atoms with Gasteiger partial charge >= 0.3 is 0 Å². The Hall–Kier alpha value is -4.21. The first-order valence-electron chi connectivity index (χ1n) is 13.8. The number of rotatable bonds is 12. The maximum Gasteiger partial charge on any atom is 0.264 e. The second-order valence-corrected chi connectivity index (χ2v) is 12.6. The highest BCUT2D eigenvalue weighted by Gasteiger charge is 2.34. The van der Waals surface area contributed by atoms with Crippen molar-refractivity contribution in [2.24, 2.45) is 0 Å². The minimum atomic E-state index is -4.22. The molecule has 0 aliphatic heterocycles. The molecule has 0 aliphatic carbocycles. The van der Waals surface area contributed by atoms with E-state index in [1.165, 1.54) is 47.4 Å². The van der Waals surface area contributed by atoms with E-state index in [2.05, 4.69) is 5.32 Å². The van der Waals surface area contributed by atoms with Gasteiger partial charge in [0.05, 0.1) is 10.6 Å². The second-order valence-electron chi connectivity index (χ2n) is 10.3. The van der Waals surface area contributed by atoms with Gasteiger partial charge in [-0.05, 0) is 67.4 Å². The van der Waals surface area contributed by atoms with Crippen molar-refractivity contribution < 1.29 is 22.4 Å². The summed E-state index contributed by atoms with van der Waals surface area (Å²) in [6.07, 6.45) is 0.176. The summed E-state index contributed by atoms with van der Waals surface area (Å²) in [6, 6.07) is 27.6. The number of hydrogen-bond donors (Lipinski definition) is 1. The van der Waals surface area contributed by atoms with Gasteiger partial charge < -0.3 is 10.2 Å². The molecule has 0 saturated heterocycles. The van der Waals surface area contributed by atoms with Crippen LogP contribution in [0.1, 0.15) is 25.0 Å². The van der Waals surface area contributed by atoms with Crippen LogP contribution in [0.5, 0.6) is 0 Å². The molecule has 0 radical (unpaired) electrons. The van der Waals surface area contributed by atoms with Crippen LogP contribution in [-0.4, -0.2) is 43.8 Å². The van der Waals surface area contributed by atoms with E-state index in [1.54, 1.807) is 36.4 Å². The molecule has 4 aromatic carbocycles. The highest BCUT2D eigenvalue weighted by Crippen LogP contribution is 2.27. The van der Waals surface area contributed by atoms with Crippen LogP contribution in [0, 0.1) is 5.82 Å². The molecule has 0 fully saturated rings. The summed E-state index contributed by atoms with van der Waals surface area (Å²) in [4.78, 5) is 29.3. The lowest BCUT2D eigenvalue weighted by Gasteiger charge is -2.34. The van der Waals surface area contributed by atoms with Crippen molar-refractivity contribution in [3.05, 3.63) is 131 Å². The predicted molar refractivity (Wildman–Crippen MR) is 167 cm³/mol. The van der Waals surface area contributed by atoms with Crippen LogP contribution in [0.4, 0.5) is 10.1 Å². The van der Waals surface area contributed by atoms with E-state index in [0.717, 1.165) is 9.87 Å². The Morgan fingerprint density at radius 3 is 2.07 bits per heavy atom. The van der Waals surface area contributed by atoms with Gasteiger partial charge in [0.2, 0.25) is 11.8 Å². The zero-order valence-corrected chi connectivity index (χ0v) is 25.4.